The van der Waals surface area contributed by atoms with Crippen LogP contribution in [0.4, 0.5) is 4.39 Å². The molecule has 2 aliphatic rings. The van der Waals surface area contributed by atoms with Gasteiger partial charge in [0.25, 0.3) is 5.91 Å². The van der Waals surface area contributed by atoms with E-state index in [1.165, 1.54) is 6.07 Å². The third-order valence-electron chi connectivity index (χ3n) is 6.06. The average Bonchev–Trinajstić information content (AvgIpc) is 3.41. The van der Waals surface area contributed by atoms with Crippen molar-refractivity contribution in [3.05, 3.63) is 58.4 Å². The Morgan fingerprint density at radius 2 is 2.03 bits per heavy atom. The van der Waals surface area contributed by atoms with Crippen LogP contribution in [-0.4, -0.2) is 39.3 Å². The average molecular weight is 425 g/mol. The van der Waals surface area contributed by atoms with E-state index in [0.717, 1.165) is 37.7 Å². The molecule has 2 heterocycles. The fourth-order valence-electron chi connectivity index (χ4n) is 4.21. The lowest BCUT2D eigenvalue weighted by molar-refractivity contribution is -0.132. The molecule has 31 heavy (non-hydrogen) atoms. The lowest BCUT2D eigenvalue weighted by Gasteiger charge is -2.26. The lowest BCUT2D eigenvalue weighted by atomic mass is 10.0. The van der Waals surface area contributed by atoms with E-state index >= 15 is 0 Å². The van der Waals surface area contributed by atoms with Crippen LogP contribution in [0.5, 0.6) is 0 Å². The van der Waals surface area contributed by atoms with Crippen molar-refractivity contribution < 1.29 is 14.0 Å². The molecule has 1 atom stereocenters. The van der Waals surface area contributed by atoms with Gasteiger partial charge in [-0.2, -0.15) is 0 Å². The molecule has 7 heteroatoms. The van der Waals surface area contributed by atoms with Gasteiger partial charge in [0.1, 0.15) is 11.6 Å². The number of carbonyl (C=O) groups excluding carboxylic acids is 2. The lowest BCUT2D eigenvalue weighted by Crippen LogP contribution is -2.34. The van der Waals surface area contributed by atoms with E-state index in [-0.39, 0.29) is 29.7 Å². The molecule has 4 rings (SSSR count). The van der Waals surface area contributed by atoms with E-state index in [0.29, 0.717) is 42.0 Å². The molecule has 0 bridgehead atoms. The van der Waals surface area contributed by atoms with Gasteiger partial charge in [-0.3, -0.25) is 9.59 Å². The van der Waals surface area contributed by atoms with Crippen molar-refractivity contribution in [3.63, 3.8) is 0 Å². The van der Waals surface area contributed by atoms with Gasteiger partial charge in [0.15, 0.2) is 0 Å². The first kappa shape index (κ1) is 21.4. The predicted octanol–water partition coefficient (Wildman–Crippen LogP) is 3.81. The van der Waals surface area contributed by atoms with E-state index in [9.17, 15) is 14.0 Å². The summed E-state index contributed by atoms with van der Waals surface area (Å²) in [5, 5.41) is 3.01. The summed E-state index contributed by atoms with van der Waals surface area (Å²) in [6, 6.07) is 5.15. The number of nitrogens with zero attached hydrogens (tertiary/aromatic N) is 3. The molecular formula is C24H29FN4O2. The minimum absolute atomic E-state index is 0.0751. The summed E-state index contributed by atoms with van der Waals surface area (Å²) < 4.78 is 13.4. The summed E-state index contributed by atoms with van der Waals surface area (Å²) in [7, 11) is 0. The Morgan fingerprint density at radius 1 is 1.23 bits per heavy atom. The second-order valence-corrected chi connectivity index (χ2v) is 8.65. The number of amides is 2. The molecule has 1 saturated heterocycles. The number of aromatic nitrogens is 2. The molecule has 0 spiro atoms. The topological polar surface area (TPSA) is 75.2 Å². The molecule has 1 aromatic heterocycles. The minimum Gasteiger partial charge on any atom is -0.349 e. The molecule has 1 aliphatic carbocycles. The molecule has 164 valence electrons. The summed E-state index contributed by atoms with van der Waals surface area (Å²) in [5.74, 6) is 0.319. The Balaban J connectivity index is 1.43. The van der Waals surface area contributed by atoms with Crippen LogP contribution in [0.25, 0.3) is 0 Å². The summed E-state index contributed by atoms with van der Waals surface area (Å²) in [5.41, 5.74) is 2.80. The maximum atomic E-state index is 13.4. The van der Waals surface area contributed by atoms with Gasteiger partial charge in [0, 0.05) is 25.2 Å². The Bertz CT molecular complexity index is 990. The highest BCUT2D eigenvalue weighted by Gasteiger charge is 2.34. The maximum absolute atomic E-state index is 13.4. The van der Waals surface area contributed by atoms with Crippen molar-refractivity contribution in [2.24, 2.45) is 0 Å². The number of hydrogen-bond donors (Lipinski definition) is 1. The molecule has 1 aromatic carbocycles. The maximum Gasteiger partial charge on any atom is 0.255 e. The molecule has 2 fully saturated rings. The van der Waals surface area contributed by atoms with Crippen LogP contribution in [0.2, 0.25) is 0 Å². The van der Waals surface area contributed by atoms with Gasteiger partial charge in [-0.1, -0.05) is 12.1 Å². The summed E-state index contributed by atoms with van der Waals surface area (Å²) >= 11 is 0. The highest BCUT2D eigenvalue weighted by molar-refractivity contribution is 5.95. The molecular weight excluding hydrogens is 395 g/mol. The standard InChI is InChI=1S/C24H29FN4O2/c1-15-13-17(8-11-20(15)25)5-3-7-22(30)29-12-4-6-21(29)23-19(14-26-16(2)27-23)24(31)28-18-9-10-18/h8,11,13-14,18,21H,3-7,9-10,12H2,1-2H3,(H,28,31)/t21-/m0/s1. The minimum atomic E-state index is -0.207. The molecule has 0 radical (unpaired) electrons. The Morgan fingerprint density at radius 3 is 2.77 bits per heavy atom. The molecule has 2 amide bonds. The Labute approximate surface area is 182 Å². The first-order valence-corrected chi connectivity index (χ1v) is 11.1. The number of hydrogen-bond acceptors (Lipinski definition) is 4. The fourth-order valence-corrected chi connectivity index (χ4v) is 4.21. The molecule has 0 unspecified atom stereocenters. The van der Waals surface area contributed by atoms with Crippen molar-refractivity contribution in [3.8, 4) is 0 Å². The SMILES string of the molecule is Cc1ncc(C(=O)NC2CC2)c([C@@H]2CCCN2C(=O)CCCc2ccc(F)c(C)c2)n1. The van der Waals surface area contributed by atoms with Crippen LogP contribution >= 0.6 is 0 Å². The van der Waals surface area contributed by atoms with E-state index in [2.05, 4.69) is 15.3 Å². The van der Waals surface area contributed by atoms with Gasteiger partial charge in [0.05, 0.1) is 17.3 Å². The highest BCUT2D eigenvalue weighted by atomic mass is 19.1. The number of nitrogens with one attached hydrogen (secondary N) is 1. The fraction of sp³-hybridized carbons (Fsp3) is 0.500. The number of benzene rings is 1. The summed E-state index contributed by atoms with van der Waals surface area (Å²) in [4.78, 5) is 36.4. The number of carbonyl (C=O) groups is 2. The second kappa shape index (κ2) is 9.12. The molecule has 1 aliphatic heterocycles. The monoisotopic (exact) mass is 424 g/mol. The van der Waals surface area contributed by atoms with E-state index in [4.69, 9.17) is 0 Å². The number of halogens is 1. The van der Waals surface area contributed by atoms with Crippen molar-refractivity contribution in [2.75, 3.05) is 6.54 Å². The van der Waals surface area contributed by atoms with Crippen LogP contribution < -0.4 is 5.32 Å². The predicted molar refractivity (Wildman–Crippen MR) is 115 cm³/mol. The zero-order chi connectivity index (χ0) is 22.0. The zero-order valence-electron chi connectivity index (χ0n) is 18.2. The largest absolute Gasteiger partial charge is 0.349 e. The van der Waals surface area contributed by atoms with Crippen LogP contribution in [0.15, 0.2) is 24.4 Å². The smallest absolute Gasteiger partial charge is 0.255 e. The van der Waals surface area contributed by atoms with E-state index in [1.54, 1.807) is 26.1 Å². The van der Waals surface area contributed by atoms with Gasteiger partial charge < -0.3 is 10.2 Å². The quantitative estimate of drug-likeness (QED) is 0.733. The first-order chi connectivity index (χ1) is 14.9. The first-order valence-electron chi connectivity index (χ1n) is 11.1. The Kier molecular flexibility index (Phi) is 6.30. The van der Waals surface area contributed by atoms with E-state index < -0.39 is 0 Å². The summed E-state index contributed by atoms with van der Waals surface area (Å²) in [6.07, 6.45) is 7.14. The third kappa shape index (κ3) is 5.09. The number of rotatable bonds is 7. The van der Waals surface area contributed by atoms with Crippen LogP contribution in [0.3, 0.4) is 0 Å². The highest BCUT2D eigenvalue weighted by Crippen LogP contribution is 2.34. The van der Waals surface area contributed by atoms with Gasteiger partial charge in [-0.15, -0.1) is 0 Å². The van der Waals surface area contributed by atoms with Crippen LogP contribution in [0.1, 0.15) is 77.6 Å². The Hall–Kier alpha value is -2.83. The second-order valence-electron chi connectivity index (χ2n) is 8.65. The van der Waals surface area contributed by atoms with Crippen molar-refractivity contribution in [2.45, 2.75) is 70.9 Å². The van der Waals surface area contributed by atoms with Gasteiger partial charge in [0.2, 0.25) is 5.91 Å². The van der Waals surface area contributed by atoms with Crippen molar-refractivity contribution in [1.82, 2.24) is 20.2 Å². The van der Waals surface area contributed by atoms with Gasteiger partial charge >= 0.3 is 0 Å². The van der Waals surface area contributed by atoms with Crippen molar-refractivity contribution >= 4 is 11.8 Å². The van der Waals surface area contributed by atoms with Crippen LogP contribution in [0, 0.1) is 19.7 Å². The molecule has 1 N–H and O–H groups in total. The zero-order valence-corrected chi connectivity index (χ0v) is 18.2. The third-order valence-corrected chi connectivity index (χ3v) is 6.06. The van der Waals surface area contributed by atoms with Gasteiger partial charge in [-0.05, 0) is 69.6 Å². The molecule has 6 nitrogen and oxygen atoms in total. The normalized spacial score (nSPS) is 18.3. The van der Waals surface area contributed by atoms with Crippen molar-refractivity contribution in [1.29, 1.82) is 0 Å². The summed E-state index contributed by atoms with van der Waals surface area (Å²) in [6.45, 7) is 4.23. The van der Waals surface area contributed by atoms with Crippen LogP contribution in [-0.2, 0) is 11.2 Å². The van der Waals surface area contributed by atoms with E-state index in [1.807, 2.05) is 11.0 Å². The molecule has 1 saturated carbocycles. The number of likely N-dealkylation sites (tertiary alicyclic amines) is 1. The van der Waals surface area contributed by atoms with Gasteiger partial charge in [-0.25, -0.2) is 14.4 Å². The number of aryl methyl sites for hydroxylation is 3. The molecule has 2 aromatic rings.